The van der Waals surface area contributed by atoms with Gasteiger partial charge in [-0.05, 0) is 17.7 Å². The van der Waals surface area contributed by atoms with Crippen LogP contribution < -0.4 is 16.2 Å². The number of hydrogen-bond acceptors (Lipinski definition) is 5. The van der Waals surface area contributed by atoms with Crippen molar-refractivity contribution in [1.82, 2.24) is 10.9 Å². The molecule has 2 rings (SSSR count). The molecule has 2 aromatic rings. The van der Waals surface area contributed by atoms with Crippen molar-refractivity contribution in [3.8, 4) is 0 Å². The number of anilines is 1. The predicted octanol–water partition coefficient (Wildman–Crippen LogP) is 1.48. The summed E-state index contributed by atoms with van der Waals surface area (Å²) in [5.74, 6) is -0.806. The van der Waals surface area contributed by atoms with Gasteiger partial charge in [0.15, 0.2) is 6.10 Å². The number of carbonyl (C=O) groups excluding carboxylic acids is 2. The Hall–Kier alpha value is -3.46. The largest absolute Gasteiger partial charge is 0.378 e. The number of non-ortho nitro benzene ring substituents is 1. The number of nitrogens with zero attached hydrogens (tertiary/aromatic N) is 1. The smallest absolute Gasteiger partial charge is 0.337 e. The van der Waals surface area contributed by atoms with Gasteiger partial charge in [-0.3, -0.25) is 20.3 Å². The molecule has 9 nitrogen and oxygen atoms in total. The molecule has 0 bridgehead atoms. The van der Waals surface area contributed by atoms with Gasteiger partial charge < -0.3 is 10.4 Å². The van der Waals surface area contributed by atoms with Gasteiger partial charge in [0.25, 0.3) is 11.6 Å². The third-order valence-electron chi connectivity index (χ3n) is 3.00. The summed E-state index contributed by atoms with van der Waals surface area (Å²) in [4.78, 5) is 33.4. The molecule has 4 N–H and O–H groups in total. The summed E-state index contributed by atoms with van der Waals surface area (Å²) in [6.07, 6.45) is -1.43. The zero-order valence-electron chi connectivity index (χ0n) is 12.3. The summed E-state index contributed by atoms with van der Waals surface area (Å²) in [5, 5.41) is 22.7. The van der Waals surface area contributed by atoms with Crippen LogP contribution in [0.1, 0.15) is 11.7 Å². The second-order valence-electron chi connectivity index (χ2n) is 4.69. The van der Waals surface area contributed by atoms with Crippen LogP contribution in [0.5, 0.6) is 0 Å². The molecule has 0 saturated heterocycles. The van der Waals surface area contributed by atoms with Crippen LogP contribution in [-0.2, 0) is 4.79 Å². The number of hydrogen-bond donors (Lipinski definition) is 4. The van der Waals surface area contributed by atoms with E-state index in [2.05, 4.69) is 16.2 Å². The van der Waals surface area contributed by atoms with Gasteiger partial charge in [0, 0.05) is 17.8 Å². The first-order valence-corrected chi connectivity index (χ1v) is 6.81. The molecule has 1 unspecified atom stereocenters. The van der Waals surface area contributed by atoms with Crippen molar-refractivity contribution in [3.63, 3.8) is 0 Å². The van der Waals surface area contributed by atoms with Crippen LogP contribution in [0.25, 0.3) is 0 Å². The molecule has 0 saturated carbocycles. The monoisotopic (exact) mass is 330 g/mol. The highest BCUT2D eigenvalue weighted by atomic mass is 16.6. The summed E-state index contributed by atoms with van der Waals surface area (Å²) in [5.41, 5.74) is 4.72. The van der Waals surface area contributed by atoms with E-state index in [0.717, 1.165) is 0 Å². The van der Waals surface area contributed by atoms with E-state index in [1.54, 1.807) is 30.3 Å². The van der Waals surface area contributed by atoms with Gasteiger partial charge in [0.1, 0.15) is 0 Å². The summed E-state index contributed by atoms with van der Waals surface area (Å²) >= 11 is 0. The van der Waals surface area contributed by atoms with Gasteiger partial charge in [0.05, 0.1) is 4.92 Å². The highest BCUT2D eigenvalue weighted by Crippen LogP contribution is 2.15. The minimum absolute atomic E-state index is 0.111. The maximum atomic E-state index is 11.7. The van der Waals surface area contributed by atoms with Crippen LogP contribution in [-0.4, -0.2) is 22.0 Å². The molecule has 1 atom stereocenters. The van der Waals surface area contributed by atoms with Gasteiger partial charge >= 0.3 is 6.03 Å². The Morgan fingerprint density at radius 3 is 2.21 bits per heavy atom. The van der Waals surface area contributed by atoms with Crippen molar-refractivity contribution >= 4 is 23.3 Å². The topological polar surface area (TPSA) is 134 Å². The number of benzene rings is 2. The van der Waals surface area contributed by atoms with Gasteiger partial charge in [-0.2, -0.15) is 0 Å². The number of hydrazine groups is 1. The first-order valence-electron chi connectivity index (χ1n) is 6.81. The van der Waals surface area contributed by atoms with E-state index in [9.17, 15) is 24.8 Å². The van der Waals surface area contributed by atoms with E-state index in [1.165, 1.54) is 24.3 Å². The van der Waals surface area contributed by atoms with Crippen molar-refractivity contribution in [1.29, 1.82) is 0 Å². The average Bonchev–Trinajstić information content (AvgIpc) is 2.60. The number of amides is 3. The molecule has 9 heteroatoms. The summed E-state index contributed by atoms with van der Waals surface area (Å²) in [6, 6.07) is 12.6. The molecule has 3 amide bonds. The van der Waals surface area contributed by atoms with Gasteiger partial charge in [-0.25, -0.2) is 10.2 Å². The van der Waals surface area contributed by atoms with Crippen LogP contribution in [0.4, 0.5) is 16.2 Å². The second-order valence-corrected chi connectivity index (χ2v) is 4.69. The van der Waals surface area contributed by atoms with Crippen LogP contribution in [0.2, 0.25) is 0 Å². The standard InChI is InChI=1S/C15H14N4O5/c20-13(10-4-2-1-3-5-10)14(21)17-18-15(22)16-11-6-8-12(9-7-11)19(23)24/h1-9,13,20H,(H,17,21)(H2,16,18,22). The van der Waals surface area contributed by atoms with E-state index < -0.39 is 23.0 Å². The Balaban J connectivity index is 1.84. The minimum Gasteiger partial charge on any atom is -0.378 e. The van der Waals surface area contributed by atoms with Crippen molar-refractivity contribution < 1.29 is 19.6 Å². The van der Waals surface area contributed by atoms with E-state index in [4.69, 9.17) is 0 Å². The lowest BCUT2D eigenvalue weighted by molar-refractivity contribution is -0.384. The number of aliphatic hydroxyl groups excluding tert-OH is 1. The lowest BCUT2D eigenvalue weighted by atomic mass is 10.1. The van der Waals surface area contributed by atoms with Crippen molar-refractivity contribution in [2.75, 3.05) is 5.32 Å². The van der Waals surface area contributed by atoms with Crippen LogP contribution in [0.3, 0.4) is 0 Å². The second kappa shape index (κ2) is 7.70. The number of aliphatic hydroxyl groups is 1. The van der Waals surface area contributed by atoms with Crippen molar-refractivity contribution in [3.05, 3.63) is 70.3 Å². The fourth-order valence-corrected chi connectivity index (χ4v) is 1.80. The Bertz CT molecular complexity index is 733. The molecule has 0 heterocycles. The number of nitrogens with one attached hydrogen (secondary N) is 3. The molecular weight excluding hydrogens is 316 g/mol. The SMILES string of the molecule is O=C(NNC(=O)C(O)c1ccccc1)Nc1ccc([N+](=O)[O-])cc1. The first kappa shape index (κ1) is 16.9. The first-order chi connectivity index (χ1) is 11.5. The summed E-state index contributed by atoms with van der Waals surface area (Å²) in [6.45, 7) is 0. The predicted molar refractivity (Wildman–Crippen MR) is 84.8 cm³/mol. The van der Waals surface area contributed by atoms with E-state index in [-0.39, 0.29) is 5.69 Å². The lowest BCUT2D eigenvalue weighted by Gasteiger charge is -2.13. The number of nitro groups is 1. The van der Waals surface area contributed by atoms with E-state index in [0.29, 0.717) is 11.3 Å². The normalized spacial score (nSPS) is 11.2. The summed E-state index contributed by atoms with van der Waals surface area (Å²) in [7, 11) is 0. The average molecular weight is 330 g/mol. The zero-order chi connectivity index (χ0) is 17.5. The zero-order valence-corrected chi connectivity index (χ0v) is 12.3. The molecule has 0 fully saturated rings. The van der Waals surface area contributed by atoms with Crippen molar-refractivity contribution in [2.45, 2.75) is 6.10 Å². The Morgan fingerprint density at radius 1 is 1.00 bits per heavy atom. The maximum absolute atomic E-state index is 11.7. The quantitative estimate of drug-likeness (QED) is 0.498. The fourth-order valence-electron chi connectivity index (χ4n) is 1.80. The highest BCUT2D eigenvalue weighted by Gasteiger charge is 2.17. The number of rotatable bonds is 4. The molecular formula is C15H14N4O5. The Labute approximate surface area is 136 Å². The van der Waals surface area contributed by atoms with Crippen LogP contribution >= 0.6 is 0 Å². The van der Waals surface area contributed by atoms with Crippen molar-refractivity contribution in [2.24, 2.45) is 0 Å². The molecule has 0 radical (unpaired) electrons. The Morgan fingerprint density at radius 2 is 1.62 bits per heavy atom. The Kier molecular flexibility index (Phi) is 5.42. The maximum Gasteiger partial charge on any atom is 0.337 e. The molecule has 0 aromatic heterocycles. The molecule has 2 aromatic carbocycles. The lowest BCUT2D eigenvalue weighted by Crippen LogP contribution is -2.45. The minimum atomic E-state index is -1.43. The summed E-state index contributed by atoms with van der Waals surface area (Å²) < 4.78 is 0. The van der Waals surface area contributed by atoms with Gasteiger partial charge in [-0.1, -0.05) is 30.3 Å². The van der Waals surface area contributed by atoms with E-state index in [1.807, 2.05) is 0 Å². The number of urea groups is 1. The van der Waals surface area contributed by atoms with Gasteiger partial charge in [0.2, 0.25) is 0 Å². The third kappa shape index (κ3) is 4.52. The molecule has 0 aliphatic heterocycles. The molecule has 124 valence electrons. The highest BCUT2D eigenvalue weighted by molar-refractivity contribution is 5.91. The molecule has 24 heavy (non-hydrogen) atoms. The molecule has 0 aliphatic rings. The van der Waals surface area contributed by atoms with E-state index >= 15 is 0 Å². The van der Waals surface area contributed by atoms with Crippen LogP contribution in [0, 0.1) is 10.1 Å². The number of carbonyl (C=O) groups is 2. The van der Waals surface area contributed by atoms with Gasteiger partial charge in [-0.15, -0.1) is 0 Å². The molecule has 0 spiro atoms. The number of nitro benzene ring substituents is 1. The fraction of sp³-hybridized carbons (Fsp3) is 0.0667. The third-order valence-corrected chi connectivity index (χ3v) is 3.00. The molecule has 0 aliphatic carbocycles. The van der Waals surface area contributed by atoms with Crippen LogP contribution in [0.15, 0.2) is 54.6 Å².